The van der Waals surface area contributed by atoms with Crippen LogP contribution in [0.1, 0.15) is 41.2 Å². The lowest BCUT2D eigenvalue weighted by Crippen LogP contribution is -2.47. The Balaban J connectivity index is 1.71. The van der Waals surface area contributed by atoms with Gasteiger partial charge in [0, 0.05) is 38.5 Å². The van der Waals surface area contributed by atoms with Crippen LogP contribution in [0.25, 0.3) is 11.0 Å². The molecule has 0 saturated heterocycles. The first-order valence-electron chi connectivity index (χ1n) is 10.1. The summed E-state index contributed by atoms with van der Waals surface area (Å²) in [7, 11) is 1.35. The largest absolute Gasteiger partial charge is 0.460 e. The number of hydrogen-bond donors (Lipinski definition) is 0. The minimum Gasteiger partial charge on any atom is -0.460 e. The van der Waals surface area contributed by atoms with Crippen LogP contribution in [0, 0.1) is 0 Å². The van der Waals surface area contributed by atoms with Gasteiger partial charge in [-0.15, -0.1) is 0 Å². The maximum absolute atomic E-state index is 13.5. The lowest BCUT2D eigenvalue weighted by Gasteiger charge is -2.38. The molecule has 174 valence electrons. The molecule has 2 unspecified atom stereocenters. The molecular formula is C23H16O11. The van der Waals surface area contributed by atoms with Gasteiger partial charge in [-0.2, -0.15) is 0 Å². The molecule has 34 heavy (non-hydrogen) atoms. The molecule has 2 aromatic rings. The molecule has 1 aromatic heterocycles. The van der Waals surface area contributed by atoms with E-state index in [9.17, 15) is 24.0 Å². The van der Waals surface area contributed by atoms with Crippen molar-refractivity contribution < 1.29 is 52.1 Å². The first-order valence-corrected chi connectivity index (χ1v) is 10.1. The van der Waals surface area contributed by atoms with Gasteiger partial charge in [-0.05, 0) is 12.1 Å². The van der Waals surface area contributed by atoms with Gasteiger partial charge in [-0.1, -0.05) is 0 Å². The zero-order chi connectivity index (χ0) is 24.4. The summed E-state index contributed by atoms with van der Waals surface area (Å²) in [6.07, 6.45) is 1.52. The first-order chi connectivity index (χ1) is 16.1. The molecule has 0 amide bonds. The maximum Gasteiger partial charge on any atom is 0.331 e. The predicted octanol–water partition coefficient (Wildman–Crippen LogP) is 2.16. The molecule has 3 aliphatic rings. The molecule has 0 bridgehead atoms. The van der Waals surface area contributed by atoms with Crippen LogP contribution in [0.3, 0.4) is 0 Å². The van der Waals surface area contributed by atoms with Gasteiger partial charge in [-0.3, -0.25) is 19.2 Å². The average molecular weight is 468 g/mol. The number of methoxy groups -OCH3 is 1. The number of ketones is 2. The third-order valence-electron chi connectivity index (χ3n) is 5.53. The number of allylic oxidation sites excluding steroid dienone is 1. The number of carbonyl (C=O) groups excluding carboxylic acids is 5. The van der Waals surface area contributed by atoms with E-state index < -0.39 is 41.4 Å². The fraction of sp³-hybridized carbons (Fsp3) is 0.261. The van der Waals surface area contributed by atoms with Crippen LogP contribution < -0.4 is 9.47 Å². The van der Waals surface area contributed by atoms with E-state index in [2.05, 4.69) is 0 Å². The quantitative estimate of drug-likeness (QED) is 0.482. The van der Waals surface area contributed by atoms with Crippen molar-refractivity contribution in [3.8, 4) is 11.5 Å². The Morgan fingerprint density at radius 1 is 1.03 bits per heavy atom. The van der Waals surface area contributed by atoms with Crippen molar-refractivity contribution in [3.63, 3.8) is 0 Å². The van der Waals surface area contributed by atoms with Crippen molar-refractivity contribution in [2.45, 2.75) is 32.2 Å². The Morgan fingerprint density at radius 3 is 2.29 bits per heavy atom. The number of rotatable bonds is 3. The molecule has 1 aliphatic carbocycles. The van der Waals surface area contributed by atoms with Gasteiger partial charge in [0.25, 0.3) is 0 Å². The lowest BCUT2D eigenvalue weighted by atomic mass is 9.78. The summed E-state index contributed by atoms with van der Waals surface area (Å²) in [5.74, 6) is -4.46. The second-order valence-corrected chi connectivity index (χ2v) is 7.78. The van der Waals surface area contributed by atoms with Crippen LogP contribution >= 0.6 is 0 Å². The van der Waals surface area contributed by atoms with E-state index in [4.69, 9.17) is 28.1 Å². The van der Waals surface area contributed by atoms with Crippen LogP contribution in [0.2, 0.25) is 0 Å². The molecule has 0 radical (unpaired) electrons. The van der Waals surface area contributed by atoms with Gasteiger partial charge < -0.3 is 28.1 Å². The second-order valence-electron chi connectivity index (χ2n) is 7.78. The van der Waals surface area contributed by atoms with Crippen molar-refractivity contribution in [1.29, 1.82) is 0 Å². The molecule has 2 atom stereocenters. The maximum atomic E-state index is 13.5. The van der Waals surface area contributed by atoms with E-state index in [0.717, 1.165) is 19.9 Å². The fourth-order valence-electron chi connectivity index (χ4n) is 4.25. The number of hydrogen-bond acceptors (Lipinski definition) is 11. The minimum atomic E-state index is -1.56. The zero-order valence-corrected chi connectivity index (χ0v) is 18.1. The third kappa shape index (κ3) is 3.12. The highest BCUT2D eigenvalue weighted by Gasteiger charge is 2.55. The van der Waals surface area contributed by atoms with Crippen LogP contribution in [0.4, 0.5) is 0 Å². The van der Waals surface area contributed by atoms with Gasteiger partial charge in [0.05, 0.1) is 17.6 Å². The Kier molecular flexibility index (Phi) is 4.69. The molecular weight excluding hydrogens is 452 g/mol. The lowest BCUT2D eigenvalue weighted by molar-refractivity contribution is -0.161. The summed E-state index contributed by atoms with van der Waals surface area (Å²) in [4.78, 5) is 62.0. The molecule has 11 heteroatoms. The van der Waals surface area contributed by atoms with Gasteiger partial charge in [-0.25, -0.2) is 4.79 Å². The molecule has 0 saturated carbocycles. The normalized spacial score (nSPS) is 23.0. The summed E-state index contributed by atoms with van der Waals surface area (Å²) in [6, 6.07) is 2.49. The van der Waals surface area contributed by atoms with Crippen LogP contribution in [-0.4, -0.2) is 48.5 Å². The van der Waals surface area contributed by atoms with E-state index in [0.29, 0.717) is 0 Å². The number of esters is 3. The molecule has 3 heterocycles. The van der Waals surface area contributed by atoms with Crippen LogP contribution in [-0.2, 0) is 28.6 Å². The van der Waals surface area contributed by atoms with Gasteiger partial charge in [0.2, 0.25) is 17.9 Å². The molecule has 2 aliphatic heterocycles. The van der Waals surface area contributed by atoms with Gasteiger partial charge >= 0.3 is 17.9 Å². The monoisotopic (exact) mass is 468 g/mol. The Hall–Kier alpha value is -4.25. The number of Topliss-reactive ketones (excluding diaryl/α,β-unsaturated/α-hetero) is 2. The van der Waals surface area contributed by atoms with E-state index in [1.807, 2.05) is 0 Å². The number of fused-ring (bicyclic) bond motifs is 4. The second kappa shape index (κ2) is 7.39. The molecule has 5 rings (SSSR count). The number of benzene rings is 1. The summed E-state index contributed by atoms with van der Waals surface area (Å²) in [5, 5.41) is 0.128. The SMILES string of the molecule is COC1CC2(C=CC(=O)O2)C2=C(O1)C(=O)c1c(oc3cc(OC(C)=O)c(OC(C)=O)cc13)C2=O. The van der Waals surface area contributed by atoms with E-state index in [1.165, 1.54) is 25.3 Å². The molecule has 0 N–H and O–H groups in total. The number of carbonyl (C=O) groups is 5. The molecule has 11 nitrogen and oxygen atoms in total. The standard InChI is InChI=1S/C23H16O11/c1-9(24)30-13-6-11-12(7-14(13)31-10(2)25)32-21-17(11)19(27)22-18(20(21)28)23(5-4-15(26)34-23)8-16(29-3)33-22/h4-7,16H,8H2,1-3H3. The van der Waals surface area contributed by atoms with E-state index in [-0.39, 0.29) is 51.5 Å². The minimum absolute atomic E-state index is 0.0231. The average Bonchev–Trinajstić information content (AvgIpc) is 3.31. The van der Waals surface area contributed by atoms with E-state index >= 15 is 0 Å². The van der Waals surface area contributed by atoms with E-state index in [1.54, 1.807) is 0 Å². The van der Waals surface area contributed by atoms with Gasteiger partial charge in [0.15, 0.2) is 28.6 Å². The number of furan rings is 1. The predicted molar refractivity (Wildman–Crippen MR) is 109 cm³/mol. The Labute approximate surface area is 190 Å². The van der Waals surface area contributed by atoms with Crippen molar-refractivity contribution in [3.05, 3.63) is 46.9 Å². The van der Waals surface area contributed by atoms with Crippen molar-refractivity contribution in [2.75, 3.05) is 7.11 Å². The highest BCUT2D eigenvalue weighted by atomic mass is 16.7. The molecule has 0 fully saturated rings. The highest BCUT2D eigenvalue weighted by Crippen LogP contribution is 2.48. The highest BCUT2D eigenvalue weighted by molar-refractivity contribution is 6.30. The van der Waals surface area contributed by atoms with Gasteiger partial charge in [0.1, 0.15) is 5.58 Å². The van der Waals surface area contributed by atoms with Crippen LogP contribution in [0.15, 0.2) is 40.0 Å². The smallest absolute Gasteiger partial charge is 0.331 e. The summed E-state index contributed by atoms with van der Waals surface area (Å²) in [5.41, 5.74) is -1.85. The third-order valence-corrected chi connectivity index (χ3v) is 5.53. The fourth-order valence-corrected chi connectivity index (χ4v) is 4.25. The first kappa shape index (κ1) is 21.6. The van der Waals surface area contributed by atoms with Crippen molar-refractivity contribution in [1.82, 2.24) is 0 Å². The Bertz CT molecular complexity index is 1390. The van der Waals surface area contributed by atoms with Crippen molar-refractivity contribution >= 4 is 40.4 Å². The summed E-state index contributed by atoms with van der Waals surface area (Å²) >= 11 is 0. The summed E-state index contributed by atoms with van der Waals surface area (Å²) < 4.78 is 32.2. The molecule has 1 aromatic carbocycles. The summed E-state index contributed by atoms with van der Waals surface area (Å²) in [6.45, 7) is 2.30. The van der Waals surface area contributed by atoms with Crippen molar-refractivity contribution in [2.24, 2.45) is 0 Å². The Morgan fingerprint density at radius 2 is 1.71 bits per heavy atom. The molecule has 1 spiro atoms. The van der Waals surface area contributed by atoms with Crippen LogP contribution in [0.5, 0.6) is 11.5 Å². The topological polar surface area (TPSA) is 145 Å². The number of ether oxygens (including phenoxy) is 5. The zero-order valence-electron chi connectivity index (χ0n) is 18.1.